The Labute approximate surface area is 344 Å². The molecule has 3 fully saturated rings. The van der Waals surface area contributed by atoms with Gasteiger partial charge in [-0.25, -0.2) is 0 Å². The van der Waals surface area contributed by atoms with Crippen molar-refractivity contribution < 1.29 is 33.6 Å². The summed E-state index contributed by atoms with van der Waals surface area (Å²) < 4.78 is -0.415. The number of hydrogen-bond donors (Lipinski definition) is 4. The molecule has 4 unspecified atom stereocenters. The van der Waals surface area contributed by atoms with Crippen LogP contribution in [0, 0.1) is 5.92 Å². The van der Waals surface area contributed by atoms with Gasteiger partial charge in [-0.3, -0.25) is 33.6 Å². The Morgan fingerprint density at radius 2 is 1.47 bits per heavy atom. The molecule has 1 aliphatic carbocycles. The van der Waals surface area contributed by atoms with Crippen LogP contribution < -0.4 is 21.3 Å². The second-order valence-corrected chi connectivity index (χ2v) is 18.5. The molecule has 2 saturated heterocycles. The third-order valence-electron chi connectivity index (χ3n) is 10.8. The van der Waals surface area contributed by atoms with Crippen molar-refractivity contribution >= 4 is 64.8 Å². The van der Waals surface area contributed by atoms with Crippen LogP contribution in [0.2, 0.25) is 0 Å². The number of carbonyl (C=O) groups excluding carboxylic acids is 7. The van der Waals surface area contributed by atoms with Crippen LogP contribution in [-0.4, -0.2) is 112 Å². The number of benzene rings is 2. The van der Waals surface area contributed by atoms with E-state index in [0.717, 1.165) is 55.6 Å². The molecule has 0 radical (unpaired) electrons. The van der Waals surface area contributed by atoms with E-state index in [1.54, 1.807) is 72.9 Å². The van der Waals surface area contributed by atoms with Gasteiger partial charge < -0.3 is 31.1 Å². The van der Waals surface area contributed by atoms with Gasteiger partial charge in [0.2, 0.25) is 35.3 Å². The van der Waals surface area contributed by atoms with E-state index in [1.807, 2.05) is 37.3 Å². The number of hydrogen-bond acceptors (Lipinski definition) is 9. The van der Waals surface area contributed by atoms with Gasteiger partial charge in [0.25, 0.3) is 5.91 Å². The quantitative estimate of drug-likeness (QED) is 0.185. The van der Waals surface area contributed by atoms with Gasteiger partial charge in [-0.15, -0.1) is 23.5 Å². The molecule has 1 saturated carbocycles. The monoisotopic (exact) mass is 820 g/mol. The lowest BCUT2D eigenvalue weighted by atomic mass is 9.83. The molecule has 4 atom stereocenters. The van der Waals surface area contributed by atoms with Crippen LogP contribution in [0.3, 0.4) is 0 Å². The number of thioether (sulfide) groups is 2. The SMILES string of the molecule is CCCC(NC(=O)C1CC2(CN1C(=O)C(NC(=O)Cc1ccccc1)C1CCCCC1)SCCCS2)C(=O)C(=O)NCC(=O)NC(C(=O)N(C)C)c1ccccc1. The summed E-state index contributed by atoms with van der Waals surface area (Å²) in [6.45, 7) is 1.58. The highest BCUT2D eigenvalue weighted by atomic mass is 32.2. The molecule has 308 valence electrons. The van der Waals surface area contributed by atoms with E-state index < -0.39 is 58.3 Å². The van der Waals surface area contributed by atoms with Gasteiger partial charge in [-0.1, -0.05) is 93.3 Å². The Balaban J connectivity index is 1.28. The van der Waals surface area contributed by atoms with E-state index in [-0.39, 0.29) is 36.5 Å². The van der Waals surface area contributed by atoms with Gasteiger partial charge in [0.1, 0.15) is 18.1 Å². The molecule has 13 nitrogen and oxygen atoms in total. The van der Waals surface area contributed by atoms with E-state index in [2.05, 4.69) is 21.3 Å². The number of amides is 6. The molecule has 15 heteroatoms. The number of nitrogens with one attached hydrogen (secondary N) is 4. The number of ketones is 1. The molecule has 2 aromatic carbocycles. The summed E-state index contributed by atoms with van der Waals surface area (Å²) in [7, 11) is 3.14. The summed E-state index contributed by atoms with van der Waals surface area (Å²) in [5.74, 6) is -2.37. The van der Waals surface area contributed by atoms with Gasteiger partial charge in [-0.2, -0.15) is 0 Å². The standard InChI is InChI=1S/C42H56N6O7S2/c1-4-15-31(37(51)39(53)43-26-34(50)46-35(40(54)47(2)3)29-18-10-6-11-19-29)44-38(52)32-25-42(56-22-14-23-57-42)27-48(32)41(55)36(30-20-12-7-13-21-30)45-33(49)24-28-16-8-5-9-17-28/h5-6,8-11,16-19,30-32,35-36H,4,7,12-15,20-27H2,1-3H3,(H,43,53)(H,44,52)(H,45,49)(H,46,50). The fourth-order valence-electron chi connectivity index (χ4n) is 7.80. The minimum atomic E-state index is -1.20. The van der Waals surface area contributed by atoms with Gasteiger partial charge >= 0.3 is 0 Å². The largest absolute Gasteiger partial charge is 0.347 e. The van der Waals surface area contributed by atoms with Crippen molar-refractivity contribution in [1.82, 2.24) is 31.1 Å². The predicted octanol–water partition coefficient (Wildman–Crippen LogP) is 3.38. The Morgan fingerprint density at radius 3 is 2.11 bits per heavy atom. The van der Waals surface area contributed by atoms with Crippen LogP contribution in [0.4, 0.5) is 0 Å². The zero-order chi connectivity index (χ0) is 41.0. The van der Waals surface area contributed by atoms with Gasteiger partial charge in [0.05, 0.1) is 23.1 Å². The van der Waals surface area contributed by atoms with Gasteiger partial charge in [-0.05, 0) is 54.2 Å². The lowest BCUT2D eigenvalue weighted by molar-refractivity contribution is -0.144. The number of carbonyl (C=O) groups is 7. The lowest BCUT2D eigenvalue weighted by Crippen LogP contribution is -2.58. The van der Waals surface area contributed by atoms with Crippen LogP contribution >= 0.6 is 23.5 Å². The summed E-state index contributed by atoms with van der Waals surface area (Å²) in [5.41, 5.74) is 1.40. The maximum Gasteiger partial charge on any atom is 0.290 e. The highest BCUT2D eigenvalue weighted by Gasteiger charge is 2.52. The molecule has 6 amide bonds. The molecule has 2 aromatic rings. The molecular formula is C42H56N6O7S2. The van der Waals surface area contributed by atoms with E-state index in [1.165, 1.54) is 4.90 Å². The van der Waals surface area contributed by atoms with Crippen molar-refractivity contribution in [3.05, 3.63) is 71.8 Å². The van der Waals surface area contributed by atoms with Crippen LogP contribution in [0.25, 0.3) is 0 Å². The van der Waals surface area contributed by atoms with Crippen LogP contribution in [0.1, 0.15) is 81.9 Å². The Hall–Kier alpha value is -4.37. The third-order valence-corrected chi connectivity index (χ3v) is 14.1. The third kappa shape index (κ3) is 11.8. The first-order chi connectivity index (χ1) is 27.4. The Kier molecular flexibility index (Phi) is 16.0. The maximum atomic E-state index is 14.7. The molecule has 0 bridgehead atoms. The van der Waals surface area contributed by atoms with Crippen LogP contribution in [0.15, 0.2) is 60.7 Å². The normalized spacial score (nSPS) is 19.4. The van der Waals surface area contributed by atoms with Crippen molar-refractivity contribution in [1.29, 1.82) is 0 Å². The number of rotatable bonds is 16. The van der Waals surface area contributed by atoms with Gasteiger partial charge in [0, 0.05) is 27.1 Å². The van der Waals surface area contributed by atoms with Crippen LogP contribution in [-0.2, 0) is 40.0 Å². The fraction of sp³-hybridized carbons (Fsp3) is 0.548. The summed E-state index contributed by atoms with van der Waals surface area (Å²) in [6, 6.07) is 14.1. The number of nitrogens with zero attached hydrogens (tertiary/aromatic N) is 2. The first-order valence-electron chi connectivity index (χ1n) is 20.0. The molecular weight excluding hydrogens is 765 g/mol. The molecule has 3 aliphatic rings. The second-order valence-electron chi connectivity index (χ2n) is 15.3. The number of likely N-dealkylation sites (tertiary alicyclic amines) is 1. The summed E-state index contributed by atoms with van der Waals surface area (Å²) in [5, 5.41) is 10.9. The van der Waals surface area contributed by atoms with E-state index in [9.17, 15) is 33.6 Å². The molecule has 1 spiro atoms. The highest BCUT2D eigenvalue weighted by Crippen LogP contribution is 2.50. The second kappa shape index (κ2) is 20.9. The zero-order valence-corrected chi connectivity index (χ0v) is 34.8. The van der Waals surface area contributed by atoms with E-state index in [4.69, 9.17) is 0 Å². The zero-order valence-electron chi connectivity index (χ0n) is 33.1. The number of Topliss-reactive ketones (excluding diaryl/α,β-unsaturated/α-hetero) is 1. The first-order valence-corrected chi connectivity index (χ1v) is 22.0. The minimum Gasteiger partial charge on any atom is -0.347 e. The van der Waals surface area contributed by atoms with Crippen molar-refractivity contribution in [2.45, 2.75) is 99.4 Å². The fourth-order valence-corrected chi connectivity index (χ4v) is 11.1. The molecule has 5 rings (SSSR count). The van der Waals surface area contributed by atoms with Crippen molar-refractivity contribution in [2.24, 2.45) is 5.92 Å². The summed E-state index contributed by atoms with van der Waals surface area (Å²) >= 11 is 3.49. The van der Waals surface area contributed by atoms with Gasteiger partial charge in [0.15, 0.2) is 0 Å². The topological polar surface area (TPSA) is 174 Å². The molecule has 4 N–H and O–H groups in total. The van der Waals surface area contributed by atoms with Crippen molar-refractivity contribution in [2.75, 3.05) is 38.7 Å². The van der Waals surface area contributed by atoms with E-state index in [0.29, 0.717) is 24.9 Å². The smallest absolute Gasteiger partial charge is 0.290 e. The lowest BCUT2D eigenvalue weighted by Gasteiger charge is -2.35. The average Bonchev–Trinajstić information content (AvgIpc) is 3.59. The summed E-state index contributed by atoms with van der Waals surface area (Å²) in [4.78, 5) is 98.1. The Bertz CT molecular complexity index is 1730. The predicted molar refractivity (Wildman–Crippen MR) is 222 cm³/mol. The molecule has 0 aromatic heterocycles. The average molecular weight is 821 g/mol. The molecule has 57 heavy (non-hydrogen) atoms. The first kappa shape index (κ1) is 43.7. The maximum absolute atomic E-state index is 14.7. The highest BCUT2D eigenvalue weighted by molar-refractivity contribution is 8.18. The summed E-state index contributed by atoms with van der Waals surface area (Å²) in [6.07, 6.45) is 6.69. The molecule has 2 heterocycles. The minimum absolute atomic E-state index is 0.0721. The van der Waals surface area contributed by atoms with Crippen molar-refractivity contribution in [3.8, 4) is 0 Å². The Morgan fingerprint density at radius 1 is 0.825 bits per heavy atom. The molecule has 2 aliphatic heterocycles. The van der Waals surface area contributed by atoms with E-state index >= 15 is 0 Å². The number of likely N-dealkylation sites (N-methyl/N-ethyl adjacent to an activating group) is 1. The van der Waals surface area contributed by atoms with Crippen molar-refractivity contribution in [3.63, 3.8) is 0 Å². The van der Waals surface area contributed by atoms with Crippen LogP contribution in [0.5, 0.6) is 0 Å².